The van der Waals surface area contributed by atoms with Crippen molar-refractivity contribution in [2.24, 2.45) is 5.92 Å². The Bertz CT molecular complexity index is 1410. The second-order valence-corrected chi connectivity index (χ2v) is 11.9. The van der Waals surface area contributed by atoms with Gasteiger partial charge in [0.2, 0.25) is 0 Å². The van der Waals surface area contributed by atoms with Gasteiger partial charge in [-0.25, -0.2) is 4.79 Å². The Morgan fingerprint density at radius 2 is 1.60 bits per heavy atom. The van der Waals surface area contributed by atoms with E-state index in [1.807, 2.05) is 56.5 Å². The number of nitrogens with zero attached hydrogens (tertiary/aromatic N) is 1. The van der Waals surface area contributed by atoms with Crippen LogP contribution in [0.2, 0.25) is 5.02 Å². The number of ether oxygens (including phenoxy) is 2. The second kappa shape index (κ2) is 12.1. The summed E-state index contributed by atoms with van der Waals surface area (Å²) in [4.78, 5) is 41.8. The number of hydrogen-bond acceptors (Lipinski definition) is 6. The molecule has 6 nitrogen and oxygen atoms in total. The summed E-state index contributed by atoms with van der Waals surface area (Å²) in [5.74, 6) is 0.0786. The van der Waals surface area contributed by atoms with Crippen molar-refractivity contribution in [3.05, 3.63) is 87.9 Å². The van der Waals surface area contributed by atoms with E-state index >= 15 is 0 Å². The lowest BCUT2D eigenvalue weighted by Crippen LogP contribution is -2.36. The Morgan fingerprint density at radius 3 is 2.17 bits per heavy atom. The Kier molecular flexibility index (Phi) is 8.96. The van der Waals surface area contributed by atoms with Crippen LogP contribution in [0.15, 0.2) is 65.6 Å². The zero-order valence-corrected chi connectivity index (χ0v) is 25.2. The summed E-state index contributed by atoms with van der Waals surface area (Å²) in [6.45, 7) is 9.38. The predicted molar refractivity (Wildman–Crippen MR) is 159 cm³/mol. The second-order valence-electron chi connectivity index (χ2n) is 10.7. The van der Waals surface area contributed by atoms with Gasteiger partial charge in [-0.05, 0) is 81.8 Å². The average Bonchev–Trinajstić information content (AvgIpc) is 3.37. The van der Waals surface area contributed by atoms with Crippen LogP contribution in [0.5, 0.6) is 11.5 Å². The van der Waals surface area contributed by atoms with Crippen LogP contribution >= 0.6 is 23.4 Å². The number of likely N-dealkylation sites (tertiary alicyclic amines) is 1. The van der Waals surface area contributed by atoms with Crippen LogP contribution in [-0.2, 0) is 4.79 Å². The third-order valence-corrected chi connectivity index (χ3v) is 8.49. The van der Waals surface area contributed by atoms with Crippen LogP contribution in [0.25, 0.3) is 0 Å². The molecule has 2 unspecified atom stereocenters. The topological polar surface area (TPSA) is 72.9 Å². The minimum Gasteiger partial charge on any atom is -0.480 e. The van der Waals surface area contributed by atoms with Crippen LogP contribution in [0.4, 0.5) is 4.79 Å². The third kappa shape index (κ3) is 6.37. The van der Waals surface area contributed by atoms with Gasteiger partial charge in [0, 0.05) is 35.4 Å². The van der Waals surface area contributed by atoms with Crippen molar-refractivity contribution in [2.75, 3.05) is 19.3 Å². The molecule has 40 heavy (non-hydrogen) atoms. The first-order valence-corrected chi connectivity index (χ1v) is 14.7. The van der Waals surface area contributed by atoms with Gasteiger partial charge >= 0.3 is 6.09 Å². The molecular formula is C32H34ClNO5S. The first kappa shape index (κ1) is 29.7. The fraction of sp³-hybridized carbons (Fsp3) is 0.344. The Morgan fingerprint density at radius 1 is 0.975 bits per heavy atom. The maximum absolute atomic E-state index is 13.8. The number of halogens is 1. The summed E-state index contributed by atoms with van der Waals surface area (Å²) in [5.41, 5.74) is 2.28. The monoisotopic (exact) mass is 579 g/mol. The molecule has 8 heteroatoms. The fourth-order valence-electron chi connectivity index (χ4n) is 4.90. The van der Waals surface area contributed by atoms with Gasteiger partial charge in [0.25, 0.3) is 0 Å². The number of ketones is 2. The van der Waals surface area contributed by atoms with E-state index in [1.54, 1.807) is 54.8 Å². The van der Waals surface area contributed by atoms with Crippen LogP contribution in [0.3, 0.4) is 0 Å². The molecule has 1 aliphatic heterocycles. The van der Waals surface area contributed by atoms with E-state index in [0.29, 0.717) is 22.9 Å². The van der Waals surface area contributed by atoms with Crippen molar-refractivity contribution in [2.45, 2.75) is 51.0 Å². The lowest BCUT2D eigenvalue weighted by Gasteiger charge is -2.27. The molecule has 0 N–H and O–H groups in total. The van der Waals surface area contributed by atoms with Crippen molar-refractivity contribution in [3.63, 3.8) is 0 Å². The third-order valence-electron chi connectivity index (χ3n) is 7.44. The molecular weight excluding hydrogens is 546 g/mol. The van der Waals surface area contributed by atoms with Gasteiger partial charge in [0.1, 0.15) is 5.75 Å². The summed E-state index contributed by atoms with van der Waals surface area (Å²) < 4.78 is 11.7. The molecule has 0 aromatic heterocycles. The van der Waals surface area contributed by atoms with Gasteiger partial charge in [-0.15, -0.1) is 11.8 Å². The molecule has 0 saturated carbocycles. The van der Waals surface area contributed by atoms with Crippen molar-refractivity contribution < 1.29 is 23.9 Å². The van der Waals surface area contributed by atoms with E-state index in [0.717, 1.165) is 21.6 Å². The SMILES string of the molecule is CSc1ccc(C(=O)C2CN(C(=O)Oc3ccccc3Cl)CC2c2cc(C)c(OC(C)(C)C(C)=O)c(C)c2)cc1. The molecule has 4 rings (SSSR count). The zero-order valence-electron chi connectivity index (χ0n) is 23.6. The van der Waals surface area contributed by atoms with Gasteiger partial charge in [-0.2, -0.15) is 0 Å². The van der Waals surface area contributed by atoms with E-state index < -0.39 is 17.6 Å². The smallest absolute Gasteiger partial charge is 0.415 e. The van der Waals surface area contributed by atoms with Crippen molar-refractivity contribution in [3.8, 4) is 11.5 Å². The quantitative estimate of drug-likeness (QED) is 0.203. The van der Waals surface area contributed by atoms with E-state index in [2.05, 4.69) is 0 Å². The summed E-state index contributed by atoms with van der Waals surface area (Å²) in [5, 5.41) is 0.337. The first-order chi connectivity index (χ1) is 18.9. The minimum absolute atomic E-state index is 0.0287. The number of amides is 1. The lowest BCUT2D eigenvalue weighted by atomic mass is 9.82. The largest absolute Gasteiger partial charge is 0.480 e. The summed E-state index contributed by atoms with van der Waals surface area (Å²) in [6, 6.07) is 18.3. The van der Waals surface area contributed by atoms with Crippen LogP contribution < -0.4 is 9.47 Å². The molecule has 3 aromatic carbocycles. The highest BCUT2D eigenvalue weighted by Gasteiger charge is 2.42. The molecule has 1 amide bonds. The van der Waals surface area contributed by atoms with Gasteiger partial charge in [0.15, 0.2) is 22.9 Å². The average molecular weight is 580 g/mol. The molecule has 1 heterocycles. The van der Waals surface area contributed by atoms with Crippen LogP contribution in [0, 0.1) is 19.8 Å². The standard InChI is InChI=1S/C32H34ClNO5S/c1-19-15-23(16-20(2)30(19)39-32(4,5)21(3)35)25-17-34(31(37)38-28-10-8-7-9-27(28)33)18-26(25)29(36)22-11-13-24(40-6)14-12-22/h7-16,25-26H,17-18H2,1-6H3. The predicted octanol–water partition coefficient (Wildman–Crippen LogP) is 7.52. The van der Waals surface area contributed by atoms with Crippen LogP contribution in [-0.4, -0.2) is 47.5 Å². The minimum atomic E-state index is -0.967. The normalized spacial score (nSPS) is 17.0. The molecule has 0 radical (unpaired) electrons. The maximum atomic E-state index is 13.8. The molecule has 1 saturated heterocycles. The summed E-state index contributed by atoms with van der Waals surface area (Å²) in [7, 11) is 0. The van der Waals surface area contributed by atoms with E-state index in [4.69, 9.17) is 21.1 Å². The van der Waals surface area contributed by atoms with Crippen LogP contribution in [0.1, 0.15) is 53.7 Å². The number of aryl methyl sites for hydroxylation is 2. The number of rotatable bonds is 8. The summed E-state index contributed by atoms with van der Waals surface area (Å²) >= 11 is 7.82. The molecule has 210 valence electrons. The lowest BCUT2D eigenvalue weighted by molar-refractivity contribution is -0.129. The Balaban J connectivity index is 1.67. The molecule has 0 spiro atoms. The number of carbonyl (C=O) groups is 3. The molecule has 2 atom stereocenters. The summed E-state index contributed by atoms with van der Waals surface area (Å²) in [6.07, 6.45) is 1.43. The maximum Gasteiger partial charge on any atom is 0.415 e. The van der Waals surface area contributed by atoms with Gasteiger partial charge in [-0.1, -0.05) is 48.0 Å². The Hall–Kier alpha value is -3.29. The van der Waals surface area contributed by atoms with Crippen molar-refractivity contribution >= 4 is 41.0 Å². The van der Waals surface area contributed by atoms with Crippen molar-refractivity contribution in [1.82, 2.24) is 4.90 Å². The van der Waals surface area contributed by atoms with E-state index in [9.17, 15) is 14.4 Å². The number of thioether (sulfide) groups is 1. The number of carbonyl (C=O) groups excluding carboxylic acids is 3. The van der Waals surface area contributed by atoms with E-state index in [1.165, 1.54) is 6.92 Å². The van der Waals surface area contributed by atoms with Gasteiger partial charge < -0.3 is 14.4 Å². The number of para-hydroxylation sites is 1. The van der Waals surface area contributed by atoms with Gasteiger partial charge in [0.05, 0.1) is 5.02 Å². The molecule has 3 aromatic rings. The van der Waals surface area contributed by atoms with E-state index in [-0.39, 0.29) is 29.8 Å². The zero-order chi connectivity index (χ0) is 29.2. The Labute approximate surface area is 245 Å². The number of Topliss-reactive ketones (excluding diaryl/α,β-unsaturated/α-hetero) is 2. The van der Waals surface area contributed by atoms with Gasteiger partial charge in [-0.3, -0.25) is 9.59 Å². The molecule has 0 aliphatic carbocycles. The fourth-order valence-corrected chi connectivity index (χ4v) is 5.48. The molecule has 1 aliphatic rings. The van der Waals surface area contributed by atoms with Crippen molar-refractivity contribution in [1.29, 1.82) is 0 Å². The number of benzene rings is 3. The highest BCUT2D eigenvalue weighted by Crippen LogP contribution is 2.39. The first-order valence-electron chi connectivity index (χ1n) is 13.1. The number of hydrogen-bond donors (Lipinski definition) is 0. The highest BCUT2D eigenvalue weighted by molar-refractivity contribution is 7.98. The highest BCUT2D eigenvalue weighted by atomic mass is 35.5. The molecule has 0 bridgehead atoms. The molecule has 1 fully saturated rings.